The number of hydrogen-bond acceptors (Lipinski definition) is 5. The second kappa shape index (κ2) is 8.18. The molecule has 0 unspecified atom stereocenters. The molecule has 0 atom stereocenters. The van der Waals surface area contributed by atoms with Crippen LogP contribution in [0, 0.1) is 6.92 Å². The highest BCUT2D eigenvalue weighted by atomic mass is 35.5. The number of ether oxygens (including phenoxy) is 1. The summed E-state index contributed by atoms with van der Waals surface area (Å²) in [6.07, 6.45) is 0. The molecule has 8 nitrogen and oxygen atoms in total. The lowest BCUT2D eigenvalue weighted by molar-refractivity contribution is 0.415. The van der Waals surface area contributed by atoms with Gasteiger partial charge in [0, 0.05) is 5.56 Å². The molecule has 0 spiro atoms. The molecule has 10 heteroatoms. The molecule has 0 fully saturated rings. The number of aromatic nitrogens is 2. The summed E-state index contributed by atoms with van der Waals surface area (Å²) >= 11 is 6.41. The van der Waals surface area contributed by atoms with Crippen molar-refractivity contribution in [2.75, 3.05) is 11.8 Å². The first-order chi connectivity index (χ1) is 15.2. The van der Waals surface area contributed by atoms with Gasteiger partial charge >= 0.3 is 11.1 Å². The molecule has 0 aliphatic heterocycles. The van der Waals surface area contributed by atoms with Crippen molar-refractivity contribution < 1.29 is 13.2 Å². The first-order valence-corrected chi connectivity index (χ1v) is 11.3. The number of anilines is 1. The van der Waals surface area contributed by atoms with E-state index in [1.807, 2.05) is 24.3 Å². The van der Waals surface area contributed by atoms with E-state index in [-0.39, 0.29) is 16.1 Å². The van der Waals surface area contributed by atoms with Gasteiger partial charge in [-0.1, -0.05) is 29.8 Å². The van der Waals surface area contributed by atoms with E-state index in [0.717, 1.165) is 11.1 Å². The van der Waals surface area contributed by atoms with Crippen LogP contribution in [0.4, 0.5) is 5.69 Å². The number of hydrogen-bond donors (Lipinski definition) is 3. The SMILES string of the molecule is COc1ccc(-c2ccc(NS(=O)(=O)c3cc4[nH]c(=O)c(=O)[nH]c4cc3C)cc2Cl)cc1. The fraction of sp³-hybridized carbons (Fsp3) is 0.0909. The van der Waals surface area contributed by atoms with Gasteiger partial charge in [0.2, 0.25) is 0 Å². The number of aryl methyl sites for hydroxylation is 1. The maximum Gasteiger partial charge on any atom is 0.314 e. The van der Waals surface area contributed by atoms with Crippen molar-refractivity contribution in [1.82, 2.24) is 9.97 Å². The number of methoxy groups -OCH3 is 1. The highest BCUT2D eigenvalue weighted by Crippen LogP contribution is 2.32. The van der Waals surface area contributed by atoms with Gasteiger partial charge in [0.25, 0.3) is 10.0 Å². The summed E-state index contributed by atoms with van der Waals surface area (Å²) in [5.41, 5.74) is 1.13. The van der Waals surface area contributed by atoms with E-state index >= 15 is 0 Å². The Morgan fingerprint density at radius 1 is 0.906 bits per heavy atom. The summed E-state index contributed by atoms with van der Waals surface area (Å²) in [5.74, 6) is 0.713. The Morgan fingerprint density at radius 3 is 2.12 bits per heavy atom. The Hall–Kier alpha value is -3.56. The Kier molecular flexibility index (Phi) is 5.53. The molecule has 4 aromatic rings. The molecule has 32 heavy (non-hydrogen) atoms. The van der Waals surface area contributed by atoms with E-state index in [0.29, 0.717) is 21.9 Å². The van der Waals surface area contributed by atoms with Crippen LogP contribution in [0.1, 0.15) is 5.56 Å². The van der Waals surface area contributed by atoms with Gasteiger partial charge in [-0.2, -0.15) is 0 Å². The van der Waals surface area contributed by atoms with Crippen LogP contribution in [0.2, 0.25) is 5.02 Å². The maximum absolute atomic E-state index is 13.0. The monoisotopic (exact) mass is 471 g/mol. The fourth-order valence-electron chi connectivity index (χ4n) is 3.34. The number of aromatic amines is 2. The standard InChI is InChI=1S/C22H18ClN3O5S/c1-12-9-18-19(25-22(28)21(27)24-18)11-20(12)32(29,30)26-14-5-8-16(17(23)10-14)13-3-6-15(31-2)7-4-13/h3-11,26H,1-2H3,(H,24,27)(H,25,28). The molecule has 1 heterocycles. The zero-order valence-corrected chi connectivity index (χ0v) is 18.6. The highest BCUT2D eigenvalue weighted by molar-refractivity contribution is 7.92. The van der Waals surface area contributed by atoms with Gasteiger partial charge in [0.1, 0.15) is 5.75 Å². The molecule has 3 aromatic carbocycles. The third kappa shape index (κ3) is 4.12. The normalized spacial score (nSPS) is 11.5. The van der Waals surface area contributed by atoms with Crippen molar-refractivity contribution >= 4 is 38.3 Å². The van der Waals surface area contributed by atoms with Crippen LogP contribution in [0.25, 0.3) is 22.2 Å². The minimum absolute atomic E-state index is 0.0388. The van der Waals surface area contributed by atoms with E-state index < -0.39 is 21.1 Å². The summed E-state index contributed by atoms with van der Waals surface area (Å²) in [6.45, 7) is 1.59. The van der Waals surface area contributed by atoms with Crippen LogP contribution in [-0.4, -0.2) is 25.5 Å². The van der Waals surface area contributed by atoms with Crippen LogP contribution in [0.5, 0.6) is 5.75 Å². The van der Waals surface area contributed by atoms with E-state index in [2.05, 4.69) is 14.7 Å². The molecule has 0 radical (unpaired) electrons. The summed E-state index contributed by atoms with van der Waals surface area (Å²) in [4.78, 5) is 27.9. The zero-order chi connectivity index (χ0) is 23.0. The maximum atomic E-state index is 13.0. The van der Waals surface area contributed by atoms with E-state index in [1.165, 1.54) is 18.2 Å². The lowest BCUT2D eigenvalue weighted by Gasteiger charge is -2.13. The van der Waals surface area contributed by atoms with Crippen molar-refractivity contribution in [3.05, 3.63) is 85.9 Å². The summed E-state index contributed by atoms with van der Waals surface area (Å²) in [5, 5.41) is 0.368. The van der Waals surface area contributed by atoms with E-state index in [9.17, 15) is 18.0 Å². The van der Waals surface area contributed by atoms with Gasteiger partial charge in [0.05, 0.1) is 33.7 Å². The summed E-state index contributed by atoms with van der Waals surface area (Å²) < 4.78 is 33.7. The minimum atomic E-state index is -4.00. The first-order valence-electron chi connectivity index (χ1n) is 9.42. The van der Waals surface area contributed by atoms with Crippen LogP contribution in [0.3, 0.4) is 0 Å². The average Bonchev–Trinajstić information content (AvgIpc) is 2.74. The van der Waals surface area contributed by atoms with Crippen LogP contribution in [0.15, 0.2) is 69.1 Å². The Morgan fingerprint density at radius 2 is 1.53 bits per heavy atom. The fourth-order valence-corrected chi connectivity index (χ4v) is 4.93. The molecule has 0 saturated carbocycles. The second-order valence-electron chi connectivity index (χ2n) is 7.10. The summed E-state index contributed by atoms with van der Waals surface area (Å²) in [6, 6.07) is 15.0. The summed E-state index contributed by atoms with van der Waals surface area (Å²) in [7, 11) is -2.42. The molecule has 4 rings (SSSR count). The number of halogens is 1. The molecule has 0 aliphatic rings. The van der Waals surface area contributed by atoms with Crippen LogP contribution < -0.4 is 20.6 Å². The molecule has 0 bridgehead atoms. The van der Waals surface area contributed by atoms with Crippen molar-refractivity contribution in [3.8, 4) is 16.9 Å². The molecular weight excluding hydrogens is 454 g/mol. The average molecular weight is 472 g/mol. The second-order valence-corrected chi connectivity index (χ2v) is 9.16. The Labute approximate surface area is 187 Å². The van der Waals surface area contributed by atoms with Gasteiger partial charge in [-0.05, 0) is 54.4 Å². The molecule has 0 saturated heterocycles. The van der Waals surface area contributed by atoms with Crippen molar-refractivity contribution in [3.63, 3.8) is 0 Å². The highest BCUT2D eigenvalue weighted by Gasteiger charge is 2.19. The number of rotatable bonds is 5. The van der Waals surface area contributed by atoms with Crippen molar-refractivity contribution in [2.45, 2.75) is 11.8 Å². The third-order valence-corrected chi connectivity index (χ3v) is 6.77. The lowest BCUT2D eigenvalue weighted by atomic mass is 10.1. The molecule has 1 aromatic heterocycles. The molecular formula is C22H18ClN3O5S. The quantitative estimate of drug-likeness (QED) is 0.383. The predicted molar refractivity (Wildman–Crippen MR) is 124 cm³/mol. The molecule has 0 aliphatic carbocycles. The van der Waals surface area contributed by atoms with Crippen LogP contribution in [-0.2, 0) is 10.0 Å². The smallest absolute Gasteiger partial charge is 0.314 e. The van der Waals surface area contributed by atoms with Gasteiger partial charge < -0.3 is 14.7 Å². The molecule has 0 amide bonds. The number of fused-ring (bicyclic) bond motifs is 1. The molecule has 3 N–H and O–H groups in total. The largest absolute Gasteiger partial charge is 0.497 e. The lowest BCUT2D eigenvalue weighted by Crippen LogP contribution is -2.29. The van der Waals surface area contributed by atoms with E-state index in [1.54, 1.807) is 26.2 Å². The Bertz CT molecular complexity index is 1560. The number of H-pyrrole nitrogens is 2. The van der Waals surface area contributed by atoms with Crippen molar-refractivity contribution in [1.29, 1.82) is 0 Å². The van der Waals surface area contributed by atoms with Gasteiger partial charge in [0.15, 0.2) is 0 Å². The van der Waals surface area contributed by atoms with Gasteiger partial charge in [-0.15, -0.1) is 0 Å². The number of sulfonamides is 1. The number of nitrogens with one attached hydrogen (secondary N) is 3. The van der Waals surface area contributed by atoms with Gasteiger partial charge in [-0.3, -0.25) is 14.3 Å². The van der Waals surface area contributed by atoms with Gasteiger partial charge in [-0.25, -0.2) is 8.42 Å². The predicted octanol–water partition coefficient (Wildman–Crippen LogP) is 3.65. The van der Waals surface area contributed by atoms with Crippen molar-refractivity contribution in [2.24, 2.45) is 0 Å². The zero-order valence-electron chi connectivity index (χ0n) is 17.0. The number of benzene rings is 3. The Balaban J connectivity index is 1.68. The van der Waals surface area contributed by atoms with E-state index in [4.69, 9.17) is 16.3 Å². The molecule has 164 valence electrons. The third-order valence-electron chi connectivity index (χ3n) is 4.93. The first kappa shape index (κ1) is 21.7. The minimum Gasteiger partial charge on any atom is -0.497 e. The van der Waals surface area contributed by atoms with Crippen LogP contribution >= 0.6 is 11.6 Å². The topological polar surface area (TPSA) is 121 Å².